The topological polar surface area (TPSA) is 24.9 Å². The van der Waals surface area contributed by atoms with Crippen molar-refractivity contribution in [2.45, 2.75) is 19.5 Å². The molecule has 0 aliphatic heterocycles. The third-order valence-electron chi connectivity index (χ3n) is 2.71. The quantitative estimate of drug-likeness (QED) is 0.863. The van der Waals surface area contributed by atoms with Crippen LogP contribution in [0.3, 0.4) is 0 Å². The van der Waals surface area contributed by atoms with E-state index in [-0.39, 0.29) is 0 Å². The van der Waals surface area contributed by atoms with Crippen LogP contribution in [0.1, 0.15) is 24.1 Å². The second kappa shape index (κ2) is 6.12. The molecule has 3 heteroatoms. The maximum Gasteiger partial charge on any atom is 0.0312 e. The second-order valence-corrected chi connectivity index (χ2v) is 5.26. The van der Waals surface area contributed by atoms with Gasteiger partial charge < -0.3 is 5.32 Å². The number of halogens is 1. The summed E-state index contributed by atoms with van der Waals surface area (Å²) in [6.45, 7) is 3.03. The highest BCUT2D eigenvalue weighted by atomic mass is 127. The van der Waals surface area contributed by atoms with E-state index in [2.05, 4.69) is 70.1 Å². The third-order valence-corrected chi connectivity index (χ3v) is 3.42. The van der Waals surface area contributed by atoms with Gasteiger partial charge in [0.1, 0.15) is 0 Å². The Bertz CT molecular complexity index is 453. The number of rotatable bonds is 4. The molecular weight excluding hydrogens is 323 g/mol. The number of aromatic nitrogens is 1. The molecule has 0 aliphatic carbocycles. The number of nitrogens with zero attached hydrogens (tertiary/aromatic N) is 1. The summed E-state index contributed by atoms with van der Waals surface area (Å²) in [6, 6.07) is 13.0. The van der Waals surface area contributed by atoms with Gasteiger partial charge in [-0.15, -0.1) is 0 Å². The van der Waals surface area contributed by atoms with Gasteiger partial charge in [-0.25, -0.2) is 0 Å². The second-order valence-electron chi connectivity index (χ2n) is 4.02. The van der Waals surface area contributed by atoms with E-state index < -0.39 is 0 Å². The van der Waals surface area contributed by atoms with Gasteiger partial charge in [0.15, 0.2) is 0 Å². The molecule has 0 saturated carbocycles. The van der Waals surface area contributed by atoms with Crippen molar-refractivity contribution in [1.82, 2.24) is 10.3 Å². The van der Waals surface area contributed by atoms with E-state index in [1.807, 2.05) is 12.3 Å². The summed E-state index contributed by atoms with van der Waals surface area (Å²) in [5.41, 5.74) is 2.53. The highest BCUT2D eigenvalue weighted by Crippen LogP contribution is 2.14. The summed E-state index contributed by atoms with van der Waals surface area (Å²) in [5, 5.41) is 3.49. The maximum atomic E-state index is 4.11. The van der Waals surface area contributed by atoms with E-state index in [4.69, 9.17) is 0 Å². The molecule has 1 aromatic carbocycles. The van der Waals surface area contributed by atoms with Gasteiger partial charge in [-0.2, -0.15) is 0 Å². The summed E-state index contributed by atoms with van der Waals surface area (Å²) >= 11 is 2.32. The van der Waals surface area contributed by atoms with Crippen molar-refractivity contribution < 1.29 is 0 Å². The molecule has 0 amide bonds. The Kier molecular flexibility index (Phi) is 4.50. The fourth-order valence-corrected chi connectivity index (χ4v) is 2.00. The Morgan fingerprint density at radius 1 is 1.24 bits per heavy atom. The smallest absolute Gasteiger partial charge is 0.0312 e. The Labute approximate surface area is 116 Å². The molecule has 0 bridgehead atoms. The lowest BCUT2D eigenvalue weighted by Crippen LogP contribution is -2.18. The van der Waals surface area contributed by atoms with Gasteiger partial charge in [0.25, 0.3) is 0 Å². The van der Waals surface area contributed by atoms with E-state index in [0.29, 0.717) is 6.04 Å². The molecule has 2 nitrogen and oxygen atoms in total. The first kappa shape index (κ1) is 12.5. The predicted octanol–water partition coefficient (Wildman–Crippen LogP) is 3.54. The van der Waals surface area contributed by atoms with Gasteiger partial charge in [0.05, 0.1) is 0 Å². The van der Waals surface area contributed by atoms with Crippen LogP contribution < -0.4 is 5.32 Å². The molecule has 1 aromatic heterocycles. The van der Waals surface area contributed by atoms with Crippen LogP contribution in [0.4, 0.5) is 0 Å². The average molecular weight is 338 g/mol. The lowest BCUT2D eigenvalue weighted by Gasteiger charge is -2.14. The number of pyridine rings is 1. The summed E-state index contributed by atoms with van der Waals surface area (Å²) in [5.74, 6) is 0. The molecule has 0 fully saturated rings. The molecule has 17 heavy (non-hydrogen) atoms. The zero-order chi connectivity index (χ0) is 12.1. The third kappa shape index (κ3) is 3.78. The summed E-state index contributed by atoms with van der Waals surface area (Å²) < 4.78 is 1.27. The Balaban J connectivity index is 1.93. The molecule has 1 heterocycles. The van der Waals surface area contributed by atoms with Crippen molar-refractivity contribution in [2.75, 3.05) is 0 Å². The lowest BCUT2D eigenvalue weighted by molar-refractivity contribution is 0.574. The zero-order valence-electron chi connectivity index (χ0n) is 9.73. The molecule has 1 N–H and O–H groups in total. The normalized spacial score (nSPS) is 12.4. The molecule has 2 aromatic rings. The molecule has 2 rings (SSSR count). The molecule has 1 atom stereocenters. The molecule has 0 saturated heterocycles. The van der Waals surface area contributed by atoms with Gasteiger partial charge in [0, 0.05) is 28.6 Å². The predicted molar refractivity (Wildman–Crippen MR) is 78.7 cm³/mol. The minimum atomic E-state index is 0.354. The van der Waals surface area contributed by atoms with Crippen LogP contribution in [0.15, 0.2) is 48.8 Å². The van der Waals surface area contributed by atoms with Gasteiger partial charge in [0.2, 0.25) is 0 Å². The first-order chi connectivity index (χ1) is 8.25. The Morgan fingerprint density at radius 3 is 2.65 bits per heavy atom. The van der Waals surface area contributed by atoms with Crippen molar-refractivity contribution in [3.63, 3.8) is 0 Å². The van der Waals surface area contributed by atoms with Gasteiger partial charge >= 0.3 is 0 Å². The van der Waals surface area contributed by atoms with E-state index >= 15 is 0 Å². The lowest BCUT2D eigenvalue weighted by atomic mass is 10.1. The molecule has 0 radical (unpaired) electrons. The fourth-order valence-electron chi connectivity index (χ4n) is 1.64. The Morgan fingerprint density at radius 2 is 2.00 bits per heavy atom. The van der Waals surface area contributed by atoms with Gasteiger partial charge in [-0.3, -0.25) is 4.98 Å². The largest absolute Gasteiger partial charge is 0.306 e. The summed E-state index contributed by atoms with van der Waals surface area (Å²) in [4.78, 5) is 4.11. The molecular formula is C14H15IN2. The van der Waals surface area contributed by atoms with E-state index in [0.717, 1.165) is 6.54 Å². The van der Waals surface area contributed by atoms with Crippen LogP contribution in [-0.2, 0) is 6.54 Å². The standard InChI is InChI=1S/C14H15IN2/c1-11(13-4-6-14(15)7-5-13)17-10-12-3-2-8-16-9-12/h2-9,11,17H,10H2,1H3. The van der Waals surface area contributed by atoms with Gasteiger partial charge in [-0.1, -0.05) is 18.2 Å². The highest BCUT2D eigenvalue weighted by Gasteiger charge is 2.04. The van der Waals surface area contributed by atoms with Crippen LogP contribution in [-0.4, -0.2) is 4.98 Å². The number of benzene rings is 1. The van der Waals surface area contributed by atoms with Crippen molar-refractivity contribution >= 4 is 22.6 Å². The van der Waals surface area contributed by atoms with Crippen molar-refractivity contribution in [3.05, 3.63) is 63.5 Å². The van der Waals surface area contributed by atoms with E-state index in [1.54, 1.807) is 6.20 Å². The van der Waals surface area contributed by atoms with Crippen molar-refractivity contribution in [2.24, 2.45) is 0 Å². The minimum Gasteiger partial charge on any atom is -0.306 e. The van der Waals surface area contributed by atoms with Gasteiger partial charge in [-0.05, 0) is 58.8 Å². The summed E-state index contributed by atoms with van der Waals surface area (Å²) in [7, 11) is 0. The molecule has 0 aliphatic rings. The first-order valence-corrected chi connectivity index (χ1v) is 6.71. The zero-order valence-corrected chi connectivity index (χ0v) is 11.9. The number of hydrogen-bond acceptors (Lipinski definition) is 2. The SMILES string of the molecule is CC(NCc1cccnc1)c1ccc(I)cc1. The fraction of sp³-hybridized carbons (Fsp3) is 0.214. The minimum absolute atomic E-state index is 0.354. The van der Waals surface area contributed by atoms with Crippen LogP contribution in [0.2, 0.25) is 0 Å². The van der Waals surface area contributed by atoms with Crippen LogP contribution in [0.25, 0.3) is 0 Å². The van der Waals surface area contributed by atoms with Crippen molar-refractivity contribution in [1.29, 1.82) is 0 Å². The number of nitrogens with one attached hydrogen (secondary N) is 1. The Hall–Kier alpha value is -0.940. The van der Waals surface area contributed by atoms with Crippen LogP contribution in [0.5, 0.6) is 0 Å². The van der Waals surface area contributed by atoms with E-state index in [1.165, 1.54) is 14.7 Å². The van der Waals surface area contributed by atoms with Crippen molar-refractivity contribution in [3.8, 4) is 0 Å². The van der Waals surface area contributed by atoms with Crippen LogP contribution in [0, 0.1) is 3.57 Å². The maximum absolute atomic E-state index is 4.11. The molecule has 1 unspecified atom stereocenters. The molecule has 88 valence electrons. The summed E-state index contributed by atoms with van der Waals surface area (Å²) in [6.07, 6.45) is 3.69. The van der Waals surface area contributed by atoms with Crippen LogP contribution >= 0.6 is 22.6 Å². The molecule has 0 spiro atoms. The highest BCUT2D eigenvalue weighted by molar-refractivity contribution is 14.1. The number of hydrogen-bond donors (Lipinski definition) is 1. The average Bonchev–Trinajstić information content (AvgIpc) is 2.38. The van der Waals surface area contributed by atoms with E-state index in [9.17, 15) is 0 Å². The first-order valence-electron chi connectivity index (χ1n) is 5.63. The monoisotopic (exact) mass is 338 g/mol.